The molecule has 2 aromatic rings. The molecule has 1 heterocycles. The van der Waals surface area contributed by atoms with Crippen molar-refractivity contribution in [3.8, 4) is 11.5 Å². The summed E-state index contributed by atoms with van der Waals surface area (Å²) in [5.74, 6) is -0.134. The number of aromatic hydroxyl groups is 1. The number of hydrogen-bond acceptors (Lipinski definition) is 5. The smallest absolute Gasteiger partial charge is 0.310 e. The molecular weight excluding hydrogens is 274 g/mol. The van der Waals surface area contributed by atoms with Gasteiger partial charge in [-0.15, -0.1) is 0 Å². The number of nitrogens with zero attached hydrogens (tertiary/aromatic N) is 1. The van der Waals surface area contributed by atoms with Gasteiger partial charge < -0.3 is 9.84 Å². The Hall–Kier alpha value is -3.15. The van der Waals surface area contributed by atoms with Crippen molar-refractivity contribution in [2.45, 2.75) is 0 Å². The Balaban J connectivity index is 1.96. The summed E-state index contributed by atoms with van der Waals surface area (Å²) in [7, 11) is 0. The molecule has 3 rings (SSSR count). The molecule has 1 aliphatic rings. The van der Waals surface area contributed by atoms with Crippen molar-refractivity contribution >= 4 is 17.5 Å². The van der Waals surface area contributed by atoms with Gasteiger partial charge in [-0.1, -0.05) is 12.1 Å². The number of nitro benzene ring substituents is 1. The Kier molecular flexibility index (Phi) is 2.91. The number of rotatable bonds is 2. The molecule has 0 radical (unpaired) electrons. The molecular formula is C15H9NO5. The second-order valence-electron chi connectivity index (χ2n) is 4.44. The average Bonchev–Trinajstić information content (AvgIpc) is 2.76. The van der Waals surface area contributed by atoms with E-state index < -0.39 is 10.7 Å². The third kappa shape index (κ3) is 2.23. The Labute approximate surface area is 119 Å². The van der Waals surface area contributed by atoms with Gasteiger partial charge in [-0.2, -0.15) is 0 Å². The lowest BCUT2D eigenvalue weighted by atomic mass is 10.1. The molecule has 6 heteroatoms. The lowest BCUT2D eigenvalue weighted by Gasteiger charge is -2.00. The van der Waals surface area contributed by atoms with Crippen LogP contribution in [0.2, 0.25) is 0 Å². The van der Waals surface area contributed by atoms with Crippen LogP contribution in [0.4, 0.5) is 5.69 Å². The van der Waals surface area contributed by atoms with E-state index >= 15 is 0 Å². The summed E-state index contributed by atoms with van der Waals surface area (Å²) in [6.07, 6.45) is 1.44. The quantitative estimate of drug-likeness (QED) is 0.520. The van der Waals surface area contributed by atoms with Gasteiger partial charge in [0, 0.05) is 6.07 Å². The molecule has 1 aliphatic heterocycles. The molecule has 1 N–H and O–H groups in total. The van der Waals surface area contributed by atoms with Crippen LogP contribution in [-0.2, 0) is 0 Å². The highest BCUT2D eigenvalue weighted by atomic mass is 16.6. The summed E-state index contributed by atoms with van der Waals surface area (Å²) < 4.78 is 5.44. The van der Waals surface area contributed by atoms with E-state index in [1.54, 1.807) is 24.3 Å². The van der Waals surface area contributed by atoms with Crippen LogP contribution in [0.5, 0.6) is 11.5 Å². The van der Waals surface area contributed by atoms with Crippen LogP contribution in [0.15, 0.2) is 48.2 Å². The number of para-hydroxylation sites is 1. The van der Waals surface area contributed by atoms with E-state index in [0.29, 0.717) is 16.9 Å². The topological polar surface area (TPSA) is 89.7 Å². The van der Waals surface area contributed by atoms with Crippen molar-refractivity contribution in [1.82, 2.24) is 0 Å². The predicted octanol–water partition coefficient (Wildman–Crippen LogP) is 2.92. The second kappa shape index (κ2) is 4.75. The third-order valence-corrected chi connectivity index (χ3v) is 3.07. The molecule has 104 valence electrons. The lowest BCUT2D eigenvalue weighted by molar-refractivity contribution is -0.385. The van der Waals surface area contributed by atoms with Crippen LogP contribution < -0.4 is 4.74 Å². The minimum Gasteiger partial charge on any atom is -0.502 e. The van der Waals surface area contributed by atoms with E-state index in [9.17, 15) is 20.0 Å². The van der Waals surface area contributed by atoms with Crippen LogP contribution in [-0.4, -0.2) is 15.8 Å². The number of ketones is 1. The van der Waals surface area contributed by atoms with E-state index in [2.05, 4.69) is 0 Å². The molecule has 0 aromatic heterocycles. The molecule has 21 heavy (non-hydrogen) atoms. The highest BCUT2D eigenvalue weighted by molar-refractivity contribution is 6.14. The van der Waals surface area contributed by atoms with Gasteiger partial charge in [-0.3, -0.25) is 14.9 Å². The summed E-state index contributed by atoms with van der Waals surface area (Å²) in [5, 5.41) is 20.2. The number of phenolic OH excluding ortho intramolecular Hbond substituents is 1. The number of ether oxygens (including phenoxy) is 1. The maximum absolute atomic E-state index is 12.1. The van der Waals surface area contributed by atoms with Gasteiger partial charge in [0.2, 0.25) is 5.78 Å². The normalized spacial score (nSPS) is 14.9. The lowest BCUT2D eigenvalue weighted by Crippen LogP contribution is -1.98. The van der Waals surface area contributed by atoms with Crippen molar-refractivity contribution in [2.75, 3.05) is 0 Å². The van der Waals surface area contributed by atoms with Gasteiger partial charge in [0.25, 0.3) is 0 Å². The van der Waals surface area contributed by atoms with Crippen LogP contribution in [0.25, 0.3) is 6.08 Å². The highest BCUT2D eigenvalue weighted by Crippen LogP contribution is 2.32. The largest absolute Gasteiger partial charge is 0.502 e. The zero-order chi connectivity index (χ0) is 15.0. The van der Waals surface area contributed by atoms with Gasteiger partial charge in [-0.05, 0) is 35.9 Å². The predicted molar refractivity (Wildman–Crippen MR) is 74.1 cm³/mol. The summed E-state index contributed by atoms with van der Waals surface area (Å²) in [6, 6.07) is 10.7. The molecule has 0 saturated carbocycles. The number of fused-ring (bicyclic) bond motifs is 1. The van der Waals surface area contributed by atoms with Crippen LogP contribution in [0.1, 0.15) is 15.9 Å². The fourth-order valence-corrected chi connectivity index (χ4v) is 2.07. The van der Waals surface area contributed by atoms with Crippen molar-refractivity contribution in [2.24, 2.45) is 0 Å². The monoisotopic (exact) mass is 283 g/mol. The molecule has 0 amide bonds. The summed E-state index contributed by atoms with van der Waals surface area (Å²) in [5.41, 5.74) is 0.517. The summed E-state index contributed by atoms with van der Waals surface area (Å²) >= 11 is 0. The molecule has 2 aromatic carbocycles. The van der Waals surface area contributed by atoms with E-state index in [1.807, 2.05) is 0 Å². The standard InChI is InChI=1S/C15H9NO5/c17-12-7-9(5-6-11(12)16(19)20)8-14-15(18)10-3-1-2-4-13(10)21-14/h1-8,17H/b14-8-. The number of carbonyl (C=O) groups is 1. The molecule has 0 spiro atoms. The van der Waals surface area contributed by atoms with Gasteiger partial charge >= 0.3 is 5.69 Å². The number of carbonyl (C=O) groups excluding carboxylic acids is 1. The number of phenols is 1. The summed E-state index contributed by atoms with van der Waals surface area (Å²) in [4.78, 5) is 22.0. The molecule has 6 nitrogen and oxygen atoms in total. The van der Waals surface area contributed by atoms with Crippen LogP contribution in [0.3, 0.4) is 0 Å². The minimum atomic E-state index is -0.681. The number of benzene rings is 2. The Morgan fingerprint density at radius 3 is 2.62 bits per heavy atom. The molecule has 0 bridgehead atoms. The third-order valence-electron chi connectivity index (χ3n) is 3.07. The van der Waals surface area contributed by atoms with Gasteiger partial charge in [0.1, 0.15) is 5.75 Å². The average molecular weight is 283 g/mol. The first-order valence-electron chi connectivity index (χ1n) is 6.07. The maximum atomic E-state index is 12.1. The number of hydrogen-bond donors (Lipinski definition) is 1. The number of nitro groups is 1. The van der Waals surface area contributed by atoms with E-state index in [0.717, 1.165) is 0 Å². The molecule has 0 atom stereocenters. The number of allylic oxidation sites excluding steroid dienone is 1. The van der Waals surface area contributed by atoms with Crippen molar-refractivity contribution in [1.29, 1.82) is 0 Å². The molecule has 0 aliphatic carbocycles. The van der Waals surface area contributed by atoms with Gasteiger partial charge in [0.05, 0.1) is 10.5 Å². The zero-order valence-corrected chi connectivity index (χ0v) is 10.6. The van der Waals surface area contributed by atoms with Crippen molar-refractivity contribution in [3.63, 3.8) is 0 Å². The molecule has 0 saturated heterocycles. The fraction of sp³-hybridized carbons (Fsp3) is 0. The first-order valence-corrected chi connectivity index (χ1v) is 6.07. The van der Waals surface area contributed by atoms with E-state index in [1.165, 1.54) is 24.3 Å². The SMILES string of the molecule is O=C1/C(=C/c2ccc([N+](=O)[O-])c(O)c2)Oc2ccccc21. The van der Waals surface area contributed by atoms with Crippen molar-refractivity contribution < 1.29 is 19.6 Å². The number of Topliss-reactive ketones (excluding diaryl/α,β-unsaturated/α-hetero) is 1. The second-order valence-corrected chi connectivity index (χ2v) is 4.44. The Morgan fingerprint density at radius 1 is 1.19 bits per heavy atom. The Bertz CT molecular complexity index is 794. The van der Waals surface area contributed by atoms with E-state index in [-0.39, 0.29) is 17.2 Å². The van der Waals surface area contributed by atoms with Crippen molar-refractivity contribution in [3.05, 3.63) is 69.5 Å². The van der Waals surface area contributed by atoms with Crippen LogP contribution in [0, 0.1) is 10.1 Å². The first-order chi connectivity index (χ1) is 10.1. The van der Waals surface area contributed by atoms with Gasteiger partial charge in [-0.25, -0.2) is 0 Å². The van der Waals surface area contributed by atoms with Crippen LogP contribution >= 0.6 is 0 Å². The minimum absolute atomic E-state index is 0.115. The zero-order valence-electron chi connectivity index (χ0n) is 10.6. The maximum Gasteiger partial charge on any atom is 0.310 e. The molecule has 0 unspecified atom stereocenters. The fourth-order valence-electron chi connectivity index (χ4n) is 2.07. The summed E-state index contributed by atoms with van der Waals surface area (Å²) in [6.45, 7) is 0. The van der Waals surface area contributed by atoms with E-state index in [4.69, 9.17) is 4.74 Å². The Morgan fingerprint density at radius 2 is 1.95 bits per heavy atom. The first kappa shape index (κ1) is 12.9. The van der Waals surface area contributed by atoms with Gasteiger partial charge in [0.15, 0.2) is 11.5 Å². The molecule has 0 fully saturated rings. The highest BCUT2D eigenvalue weighted by Gasteiger charge is 2.26.